The predicted octanol–water partition coefficient (Wildman–Crippen LogP) is 5.86. The number of hydrogen-bond donors (Lipinski definition) is 1. The SMILES string of the molecule is CCc1ccc2oc(C(=O)Nc3ccc(Cl)c(Cl)c3)c(C)c2c1. The Hall–Kier alpha value is -1.97. The highest BCUT2D eigenvalue weighted by Crippen LogP contribution is 2.28. The summed E-state index contributed by atoms with van der Waals surface area (Å²) in [5.74, 6) is -0.00513. The van der Waals surface area contributed by atoms with Gasteiger partial charge in [-0.1, -0.05) is 36.2 Å². The third-order valence-corrected chi connectivity index (χ3v) is 4.53. The lowest BCUT2D eigenvalue weighted by Crippen LogP contribution is -2.12. The number of amides is 1. The molecule has 1 heterocycles. The minimum absolute atomic E-state index is 0.305. The summed E-state index contributed by atoms with van der Waals surface area (Å²) in [5.41, 5.74) is 3.31. The molecule has 5 heteroatoms. The molecular formula is C18H15Cl2NO2. The van der Waals surface area contributed by atoms with Crippen molar-refractivity contribution in [1.82, 2.24) is 0 Å². The van der Waals surface area contributed by atoms with Crippen molar-refractivity contribution in [3.63, 3.8) is 0 Å². The van der Waals surface area contributed by atoms with Crippen molar-refractivity contribution in [3.8, 4) is 0 Å². The molecule has 2 aromatic carbocycles. The topological polar surface area (TPSA) is 42.2 Å². The third kappa shape index (κ3) is 3.07. The zero-order chi connectivity index (χ0) is 16.6. The summed E-state index contributed by atoms with van der Waals surface area (Å²) >= 11 is 11.8. The first-order valence-corrected chi connectivity index (χ1v) is 8.03. The molecule has 0 saturated heterocycles. The van der Waals surface area contributed by atoms with Gasteiger partial charge in [0.25, 0.3) is 5.91 Å². The van der Waals surface area contributed by atoms with E-state index in [1.165, 1.54) is 5.56 Å². The Labute approximate surface area is 144 Å². The van der Waals surface area contributed by atoms with Crippen LogP contribution in [0.3, 0.4) is 0 Å². The number of hydrogen-bond acceptors (Lipinski definition) is 2. The monoisotopic (exact) mass is 347 g/mol. The molecule has 3 aromatic rings. The summed E-state index contributed by atoms with van der Waals surface area (Å²) in [6, 6.07) is 10.9. The van der Waals surface area contributed by atoms with Crippen LogP contribution in [0.25, 0.3) is 11.0 Å². The second kappa shape index (κ2) is 6.26. The van der Waals surface area contributed by atoms with Crippen LogP contribution in [0.1, 0.15) is 28.6 Å². The van der Waals surface area contributed by atoms with E-state index in [1.807, 2.05) is 19.1 Å². The molecule has 1 aromatic heterocycles. The Balaban J connectivity index is 1.94. The summed E-state index contributed by atoms with van der Waals surface area (Å²) in [7, 11) is 0. The van der Waals surface area contributed by atoms with Crippen molar-refractivity contribution in [2.45, 2.75) is 20.3 Å². The van der Waals surface area contributed by atoms with Crippen molar-refractivity contribution in [3.05, 3.63) is 63.3 Å². The fourth-order valence-electron chi connectivity index (χ4n) is 2.47. The molecule has 0 bridgehead atoms. The number of halogens is 2. The Kier molecular flexibility index (Phi) is 4.33. The molecule has 23 heavy (non-hydrogen) atoms. The van der Waals surface area contributed by atoms with Gasteiger partial charge in [-0.2, -0.15) is 0 Å². The molecule has 0 aliphatic heterocycles. The third-order valence-electron chi connectivity index (χ3n) is 3.79. The van der Waals surface area contributed by atoms with Crippen LogP contribution >= 0.6 is 23.2 Å². The lowest BCUT2D eigenvalue weighted by Gasteiger charge is -2.05. The van der Waals surface area contributed by atoms with Gasteiger partial charge in [0, 0.05) is 16.6 Å². The van der Waals surface area contributed by atoms with Gasteiger partial charge in [0.2, 0.25) is 0 Å². The van der Waals surface area contributed by atoms with E-state index < -0.39 is 0 Å². The summed E-state index contributed by atoms with van der Waals surface area (Å²) in [6.45, 7) is 3.98. The van der Waals surface area contributed by atoms with Gasteiger partial charge in [0.05, 0.1) is 10.0 Å². The Morgan fingerprint density at radius 3 is 2.61 bits per heavy atom. The van der Waals surface area contributed by atoms with E-state index in [2.05, 4.69) is 18.3 Å². The van der Waals surface area contributed by atoms with Crippen LogP contribution in [0, 0.1) is 6.92 Å². The highest BCUT2D eigenvalue weighted by Gasteiger charge is 2.18. The van der Waals surface area contributed by atoms with Crippen LogP contribution in [0.15, 0.2) is 40.8 Å². The number of nitrogens with one attached hydrogen (secondary N) is 1. The predicted molar refractivity (Wildman–Crippen MR) is 94.7 cm³/mol. The second-order valence-corrected chi connectivity index (χ2v) is 6.14. The molecule has 1 N–H and O–H groups in total. The fourth-order valence-corrected chi connectivity index (χ4v) is 2.76. The number of furan rings is 1. The maximum atomic E-state index is 12.5. The first-order chi connectivity index (χ1) is 11.0. The van der Waals surface area contributed by atoms with Crippen molar-refractivity contribution in [2.75, 3.05) is 5.32 Å². The number of aryl methyl sites for hydroxylation is 2. The minimum Gasteiger partial charge on any atom is -0.451 e. The van der Waals surface area contributed by atoms with Crippen molar-refractivity contribution in [2.24, 2.45) is 0 Å². The first-order valence-electron chi connectivity index (χ1n) is 7.28. The molecule has 0 radical (unpaired) electrons. The average molecular weight is 348 g/mol. The smallest absolute Gasteiger partial charge is 0.291 e. The van der Waals surface area contributed by atoms with Crippen LogP contribution in [0.2, 0.25) is 10.0 Å². The normalized spacial score (nSPS) is 11.0. The van der Waals surface area contributed by atoms with Crippen molar-refractivity contribution in [1.29, 1.82) is 0 Å². The van der Waals surface area contributed by atoms with Gasteiger partial charge in [0.1, 0.15) is 5.58 Å². The van der Waals surface area contributed by atoms with Crippen LogP contribution < -0.4 is 5.32 Å². The molecule has 0 saturated carbocycles. The van der Waals surface area contributed by atoms with Crippen LogP contribution in [-0.4, -0.2) is 5.91 Å². The van der Waals surface area contributed by atoms with Gasteiger partial charge in [-0.05, 0) is 49.2 Å². The van der Waals surface area contributed by atoms with Crippen LogP contribution in [0.5, 0.6) is 0 Å². The molecule has 3 nitrogen and oxygen atoms in total. The van der Waals surface area contributed by atoms with Crippen LogP contribution in [-0.2, 0) is 6.42 Å². The van der Waals surface area contributed by atoms with Gasteiger partial charge in [-0.15, -0.1) is 0 Å². The summed E-state index contributed by atoms with van der Waals surface area (Å²) in [4.78, 5) is 12.5. The van der Waals surface area contributed by atoms with E-state index in [9.17, 15) is 4.79 Å². The molecule has 0 aliphatic rings. The summed E-state index contributed by atoms with van der Waals surface area (Å²) in [6.07, 6.45) is 0.936. The molecule has 0 fully saturated rings. The number of anilines is 1. The highest BCUT2D eigenvalue weighted by molar-refractivity contribution is 6.42. The van der Waals surface area contributed by atoms with E-state index in [4.69, 9.17) is 27.6 Å². The molecular weight excluding hydrogens is 333 g/mol. The van der Waals surface area contributed by atoms with Gasteiger partial charge < -0.3 is 9.73 Å². The molecule has 0 atom stereocenters. The fraction of sp³-hybridized carbons (Fsp3) is 0.167. The number of rotatable bonds is 3. The summed E-state index contributed by atoms with van der Waals surface area (Å²) in [5, 5.41) is 4.57. The standard InChI is InChI=1S/C18H15Cl2NO2/c1-3-11-4-7-16-13(8-11)10(2)17(23-16)18(22)21-12-5-6-14(19)15(20)9-12/h4-9H,3H2,1-2H3,(H,21,22). The van der Waals surface area contributed by atoms with Gasteiger partial charge in [-0.3, -0.25) is 4.79 Å². The zero-order valence-corrected chi connectivity index (χ0v) is 14.3. The molecule has 118 valence electrons. The Morgan fingerprint density at radius 1 is 1.13 bits per heavy atom. The Bertz CT molecular complexity index is 899. The maximum absolute atomic E-state index is 12.5. The molecule has 0 unspecified atom stereocenters. The van der Waals surface area contributed by atoms with E-state index in [0.29, 0.717) is 27.1 Å². The van der Waals surface area contributed by atoms with Gasteiger partial charge in [0.15, 0.2) is 5.76 Å². The second-order valence-electron chi connectivity index (χ2n) is 5.32. The lowest BCUT2D eigenvalue weighted by atomic mass is 10.1. The minimum atomic E-state index is -0.310. The van der Waals surface area contributed by atoms with Gasteiger partial charge in [-0.25, -0.2) is 0 Å². The molecule has 0 spiro atoms. The average Bonchev–Trinajstić information content (AvgIpc) is 2.87. The number of carbonyl (C=O) groups excluding carboxylic acids is 1. The first kappa shape index (κ1) is 15.9. The quantitative estimate of drug-likeness (QED) is 0.644. The largest absolute Gasteiger partial charge is 0.451 e. The van der Waals surface area contributed by atoms with Crippen LogP contribution in [0.4, 0.5) is 5.69 Å². The van der Waals surface area contributed by atoms with E-state index in [1.54, 1.807) is 18.2 Å². The number of benzene rings is 2. The van der Waals surface area contributed by atoms with E-state index >= 15 is 0 Å². The van der Waals surface area contributed by atoms with Crippen molar-refractivity contribution >= 4 is 45.8 Å². The van der Waals surface area contributed by atoms with Gasteiger partial charge >= 0.3 is 0 Å². The molecule has 1 amide bonds. The maximum Gasteiger partial charge on any atom is 0.291 e. The lowest BCUT2D eigenvalue weighted by molar-refractivity contribution is 0.0998. The zero-order valence-electron chi connectivity index (χ0n) is 12.7. The summed E-state index contributed by atoms with van der Waals surface area (Å²) < 4.78 is 5.72. The Morgan fingerprint density at radius 2 is 1.91 bits per heavy atom. The van der Waals surface area contributed by atoms with E-state index in [-0.39, 0.29) is 5.91 Å². The highest BCUT2D eigenvalue weighted by atomic mass is 35.5. The molecule has 0 aliphatic carbocycles. The van der Waals surface area contributed by atoms with E-state index in [0.717, 1.165) is 17.4 Å². The number of carbonyl (C=O) groups is 1. The number of fused-ring (bicyclic) bond motifs is 1. The van der Waals surface area contributed by atoms with Crippen molar-refractivity contribution < 1.29 is 9.21 Å². The molecule has 3 rings (SSSR count).